The molecule has 2 heteroatoms. The molecule has 1 rings (SSSR count). The minimum Gasteiger partial charge on any atom is -0.340 e. The molecule has 0 atom stereocenters. The van der Waals surface area contributed by atoms with Crippen LogP contribution in [0, 0.1) is 0 Å². The van der Waals surface area contributed by atoms with E-state index in [0.717, 1.165) is 18.7 Å². The van der Waals surface area contributed by atoms with Crippen molar-refractivity contribution in [2.45, 2.75) is 13.8 Å². The van der Waals surface area contributed by atoms with Crippen molar-refractivity contribution < 1.29 is 4.79 Å². The molecule has 0 aliphatic rings. The van der Waals surface area contributed by atoms with Crippen molar-refractivity contribution in [3.8, 4) is 0 Å². The van der Waals surface area contributed by atoms with E-state index in [4.69, 9.17) is 0 Å². The van der Waals surface area contributed by atoms with Gasteiger partial charge >= 0.3 is 0 Å². The SMILES string of the molecule is CCN(CC)C(=O)/C=C/c1ccccc1. The smallest absolute Gasteiger partial charge is 0.246 e. The maximum Gasteiger partial charge on any atom is 0.246 e. The highest BCUT2D eigenvalue weighted by atomic mass is 16.2. The molecule has 1 aromatic rings. The molecular weight excluding hydrogens is 186 g/mol. The lowest BCUT2D eigenvalue weighted by atomic mass is 10.2. The van der Waals surface area contributed by atoms with Gasteiger partial charge in [-0.25, -0.2) is 0 Å². The van der Waals surface area contributed by atoms with Gasteiger partial charge in [-0.2, -0.15) is 0 Å². The summed E-state index contributed by atoms with van der Waals surface area (Å²) in [6, 6.07) is 9.84. The highest BCUT2D eigenvalue weighted by molar-refractivity contribution is 5.91. The first-order valence-corrected chi connectivity index (χ1v) is 5.30. The van der Waals surface area contributed by atoms with Gasteiger partial charge in [0, 0.05) is 19.2 Å². The maximum atomic E-state index is 11.6. The molecule has 0 aliphatic heterocycles. The molecular formula is C13H17NO. The number of carbonyl (C=O) groups is 1. The third-order valence-corrected chi connectivity index (χ3v) is 2.29. The van der Waals surface area contributed by atoms with E-state index in [-0.39, 0.29) is 5.91 Å². The van der Waals surface area contributed by atoms with E-state index in [1.165, 1.54) is 0 Å². The molecule has 0 saturated heterocycles. The zero-order valence-electron chi connectivity index (χ0n) is 9.31. The van der Waals surface area contributed by atoms with E-state index in [1.807, 2.05) is 50.3 Å². The Morgan fingerprint density at radius 1 is 1.20 bits per heavy atom. The van der Waals surface area contributed by atoms with Crippen LogP contribution in [-0.2, 0) is 4.79 Å². The number of likely N-dealkylation sites (N-methyl/N-ethyl adjacent to an activating group) is 1. The molecule has 1 amide bonds. The predicted octanol–water partition coefficient (Wildman–Crippen LogP) is 2.57. The Kier molecular flexibility index (Phi) is 4.61. The summed E-state index contributed by atoms with van der Waals surface area (Å²) in [7, 11) is 0. The van der Waals surface area contributed by atoms with Gasteiger partial charge in [0.2, 0.25) is 5.91 Å². The third kappa shape index (κ3) is 3.58. The molecule has 2 nitrogen and oxygen atoms in total. The van der Waals surface area contributed by atoms with Crippen LogP contribution in [0.5, 0.6) is 0 Å². The minimum atomic E-state index is 0.0730. The Bertz CT molecular complexity index is 326. The summed E-state index contributed by atoms with van der Waals surface area (Å²) in [5, 5.41) is 0. The lowest BCUT2D eigenvalue weighted by molar-refractivity contribution is -0.125. The molecule has 15 heavy (non-hydrogen) atoms. The third-order valence-electron chi connectivity index (χ3n) is 2.29. The van der Waals surface area contributed by atoms with Gasteiger partial charge in [-0.05, 0) is 25.5 Å². The number of carbonyl (C=O) groups excluding carboxylic acids is 1. The van der Waals surface area contributed by atoms with Crippen LogP contribution in [0.25, 0.3) is 6.08 Å². The Balaban J connectivity index is 2.62. The van der Waals surface area contributed by atoms with Crippen molar-refractivity contribution >= 4 is 12.0 Å². The summed E-state index contributed by atoms with van der Waals surface area (Å²) in [4.78, 5) is 13.4. The quantitative estimate of drug-likeness (QED) is 0.689. The van der Waals surface area contributed by atoms with Crippen LogP contribution in [0.1, 0.15) is 19.4 Å². The molecule has 0 fully saturated rings. The maximum absolute atomic E-state index is 11.6. The van der Waals surface area contributed by atoms with Crippen molar-refractivity contribution in [2.75, 3.05) is 13.1 Å². The van der Waals surface area contributed by atoms with Crippen LogP contribution in [-0.4, -0.2) is 23.9 Å². The molecule has 0 N–H and O–H groups in total. The Hall–Kier alpha value is -1.57. The summed E-state index contributed by atoms with van der Waals surface area (Å²) < 4.78 is 0. The summed E-state index contributed by atoms with van der Waals surface area (Å²) in [5.74, 6) is 0.0730. The topological polar surface area (TPSA) is 20.3 Å². The molecule has 0 aromatic heterocycles. The van der Waals surface area contributed by atoms with Gasteiger partial charge in [0.05, 0.1) is 0 Å². The van der Waals surface area contributed by atoms with E-state index in [0.29, 0.717) is 0 Å². The van der Waals surface area contributed by atoms with E-state index >= 15 is 0 Å². The van der Waals surface area contributed by atoms with Crippen LogP contribution >= 0.6 is 0 Å². The lowest BCUT2D eigenvalue weighted by Crippen LogP contribution is -2.28. The van der Waals surface area contributed by atoms with Gasteiger partial charge in [0.1, 0.15) is 0 Å². The Morgan fingerprint density at radius 2 is 1.80 bits per heavy atom. The largest absolute Gasteiger partial charge is 0.340 e. The average molecular weight is 203 g/mol. The van der Waals surface area contributed by atoms with Gasteiger partial charge in [0.15, 0.2) is 0 Å². The van der Waals surface area contributed by atoms with Crippen LogP contribution in [0.15, 0.2) is 36.4 Å². The van der Waals surface area contributed by atoms with Crippen LogP contribution < -0.4 is 0 Å². The normalized spacial score (nSPS) is 10.5. The van der Waals surface area contributed by atoms with Gasteiger partial charge < -0.3 is 4.90 Å². The van der Waals surface area contributed by atoms with Crippen LogP contribution in [0.2, 0.25) is 0 Å². The number of rotatable bonds is 4. The van der Waals surface area contributed by atoms with Gasteiger partial charge in [-0.3, -0.25) is 4.79 Å². The van der Waals surface area contributed by atoms with Gasteiger partial charge in [-0.15, -0.1) is 0 Å². The summed E-state index contributed by atoms with van der Waals surface area (Å²) >= 11 is 0. The van der Waals surface area contributed by atoms with E-state index in [2.05, 4.69) is 0 Å². The standard InChI is InChI=1S/C13H17NO/c1-3-14(4-2)13(15)11-10-12-8-6-5-7-9-12/h5-11H,3-4H2,1-2H3/b11-10+. The highest BCUT2D eigenvalue weighted by Crippen LogP contribution is 2.01. The number of benzene rings is 1. The summed E-state index contributed by atoms with van der Waals surface area (Å²) in [6.07, 6.45) is 3.48. The molecule has 0 aliphatic carbocycles. The van der Waals surface area contributed by atoms with Crippen molar-refractivity contribution in [1.29, 1.82) is 0 Å². The van der Waals surface area contributed by atoms with Crippen molar-refractivity contribution in [2.24, 2.45) is 0 Å². The van der Waals surface area contributed by atoms with Crippen LogP contribution in [0.3, 0.4) is 0 Å². The van der Waals surface area contributed by atoms with Gasteiger partial charge in [0.25, 0.3) is 0 Å². The second kappa shape index (κ2) is 6.02. The first kappa shape index (κ1) is 11.5. The molecule has 1 aromatic carbocycles. The molecule has 0 unspecified atom stereocenters. The van der Waals surface area contributed by atoms with Gasteiger partial charge in [-0.1, -0.05) is 30.3 Å². The Labute approximate surface area is 91.2 Å². The number of hydrogen-bond donors (Lipinski definition) is 0. The van der Waals surface area contributed by atoms with E-state index < -0.39 is 0 Å². The second-order valence-electron chi connectivity index (χ2n) is 3.25. The fourth-order valence-electron chi connectivity index (χ4n) is 1.37. The predicted molar refractivity (Wildman–Crippen MR) is 63.4 cm³/mol. The number of hydrogen-bond acceptors (Lipinski definition) is 1. The Morgan fingerprint density at radius 3 is 2.33 bits per heavy atom. The van der Waals surface area contributed by atoms with Crippen molar-refractivity contribution in [3.05, 3.63) is 42.0 Å². The zero-order chi connectivity index (χ0) is 11.1. The van der Waals surface area contributed by atoms with Crippen molar-refractivity contribution in [1.82, 2.24) is 4.90 Å². The summed E-state index contributed by atoms with van der Waals surface area (Å²) in [5.41, 5.74) is 1.05. The minimum absolute atomic E-state index is 0.0730. The van der Waals surface area contributed by atoms with Crippen molar-refractivity contribution in [3.63, 3.8) is 0 Å². The molecule has 0 radical (unpaired) electrons. The fraction of sp³-hybridized carbons (Fsp3) is 0.308. The molecule has 0 heterocycles. The average Bonchev–Trinajstić information content (AvgIpc) is 2.29. The van der Waals surface area contributed by atoms with E-state index in [9.17, 15) is 4.79 Å². The van der Waals surface area contributed by atoms with E-state index in [1.54, 1.807) is 11.0 Å². The molecule has 0 bridgehead atoms. The first-order valence-electron chi connectivity index (χ1n) is 5.30. The number of amides is 1. The molecule has 0 saturated carbocycles. The zero-order valence-corrected chi connectivity index (χ0v) is 9.31. The highest BCUT2D eigenvalue weighted by Gasteiger charge is 2.03. The lowest BCUT2D eigenvalue weighted by Gasteiger charge is -2.15. The summed E-state index contributed by atoms with van der Waals surface area (Å²) in [6.45, 7) is 5.48. The monoisotopic (exact) mass is 203 g/mol. The molecule has 80 valence electrons. The number of nitrogens with zero attached hydrogens (tertiary/aromatic N) is 1. The fourth-order valence-corrected chi connectivity index (χ4v) is 1.37. The van der Waals surface area contributed by atoms with Crippen LogP contribution in [0.4, 0.5) is 0 Å². The molecule has 0 spiro atoms. The second-order valence-corrected chi connectivity index (χ2v) is 3.25. The first-order chi connectivity index (χ1) is 7.27.